The molecule has 0 unspecified atom stereocenters. The van der Waals surface area contributed by atoms with Gasteiger partial charge in [0.15, 0.2) is 0 Å². The number of halogens is 1. The molecule has 1 nitrogen and oxygen atoms in total. The number of allylic oxidation sites excluding steroid dienone is 1. The first-order chi connectivity index (χ1) is 5.68. The lowest BCUT2D eigenvalue weighted by Crippen LogP contribution is -1.79. The fourth-order valence-electron chi connectivity index (χ4n) is 0.789. The average Bonchev–Trinajstić information content (AvgIpc) is 2.03. The zero-order valence-electron chi connectivity index (χ0n) is 7.29. The van der Waals surface area contributed by atoms with Gasteiger partial charge in [-0.2, -0.15) is 0 Å². The quantitative estimate of drug-likeness (QED) is 0.638. The lowest BCUT2D eigenvalue weighted by Gasteiger charge is -1.94. The van der Waals surface area contributed by atoms with Crippen molar-refractivity contribution in [1.82, 2.24) is 4.98 Å². The molecule has 1 heterocycles. The van der Waals surface area contributed by atoms with Crippen molar-refractivity contribution in [1.29, 1.82) is 0 Å². The summed E-state index contributed by atoms with van der Waals surface area (Å²) in [7, 11) is 0. The summed E-state index contributed by atoms with van der Waals surface area (Å²) < 4.78 is 0. The van der Waals surface area contributed by atoms with E-state index in [4.69, 9.17) is 11.6 Å². The number of pyridine rings is 1. The fourth-order valence-corrected chi connectivity index (χ4v) is 0.901. The van der Waals surface area contributed by atoms with Crippen LogP contribution in [-0.2, 0) is 0 Å². The third-order valence-electron chi connectivity index (χ3n) is 1.42. The van der Waals surface area contributed by atoms with Gasteiger partial charge in [0.25, 0.3) is 0 Å². The van der Waals surface area contributed by atoms with E-state index in [0.717, 1.165) is 5.56 Å². The van der Waals surface area contributed by atoms with E-state index in [0.29, 0.717) is 11.1 Å². The Morgan fingerprint density at radius 1 is 1.42 bits per heavy atom. The van der Waals surface area contributed by atoms with Crippen LogP contribution in [0.4, 0.5) is 0 Å². The van der Waals surface area contributed by atoms with Gasteiger partial charge in [-0.05, 0) is 17.5 Å². The molecule has 0 spiro atoms. The zero-order chi connectivity index (χ0) is 8.97. The molecule has 0 saturated carbocycles. The normalized spacial score (nSPS) is 11.3. The summed E-state index contributed by atoms with van der Waals surface area (Å²) in [4.78, 5) is 3.97. The van der Waals surface area contributed by atoms with Gasteiger partial charge in [-0.25, -0.2) is 4.98 Å². The summed E-state index contributed by atoms with van der Waals surface area (Å²) in [5, 5.41) is 0.539. The zero-order valence-corrected chi connectivity index (χ0v) is 8.05. The second kappa shape index (κ2) is 4.27. The van der Waals surface area contributed by atoms with E-state index in [-0.39, 0.29) is 0 Å². The molecule has 0 amide bonds. The van der Waals surface area contributed by atoms with Crippen LogP contribution in [0.15, 0.2) is 24.4 Å². The van der Waals surface area contributed by atoms with Gasteiger partial charge in [0, 0.05) is 6.20 Å². The first kappa shape index (κ1) is 9.27. The Bertz CT molecular complexity index is 262. The van der Waals surface area contributed by atoms with Gasteiger partial charge in [-0.15, -0.1) is 0 Å². The van der Waals surface area contributed by atoms with E-state index < -0.39 is 0 Å². The predicted octanol–water partition coefficient (Wildman–Crippen LogP) is 3.40. The lowest BCUT2D eigenvalue weighted by atomic mass is 10.1. The number of rotatable bonds is 2. The Kier molecular flexibility index (Phi) is 3.30. The van der Waals surface area contributed by atoms with E-state index in [9.17, 15) is 0 Å². The predicted molar refractivity (Wildman–Crippen MR) is 53.1 cm³/mol. The molecule has 0 aliphatic rings. The van der Waals surface area contributed by atoms with Crippen molar-refractivity contribution >= 4 is 17.7 Å². The van der Waals surface area contributed by atoms with E-state index >= 15 is 0 Å². The molecule has 12 heavy (non-hydrogen) atoms. The third kappa shape index (κ3) is 3.05. The van der Waals surface area contributed by atoms with E-state index in [1.54, 1.807) is 12.3 Å². The molecule has 0 aliphatic heterocycles. The summed E-state index contributed by atoms with van der Waals surface area (Å²) in [6.45, 7) is 4.28. The van der Waals surface area contributed by atoms with Gasteiger partial charge >= 0.3 is 0 Å². The summed E-state index contributed by atoms with van der Waals surface area (Å²) in [5.41, 5.74) is 1.09. The van der Waals surface area contributed by atoms with E-state index in [1.807, 2.05) is 12.1 Å². The Hall–Kier alpha value is -0.820. The molecule has 0 N–H and O–H groups in total. The molecule has 2 heteroatoms. The first-order valence-corrected chi connectivity index (χ1v) is 4.36. The molecule has 0 atom stereocenters. The van der Waals surface area contributed by atoms with Crippen LogP contribution in [0.3, 0.4) is 0 Å². The minimum atomic E-state index is 0.539. The number of hydrogen-bond donors (Lipinski definition) is 0. The molecular formula is C10H12ClN. The maximum Gasteiger partial charge on any atom is 0.129 e. The van der Waals surface area contributed by atoms with Crippen molar-refractivity contribution in [2.45, 2.75) is 13.8 Å². The monoisotopic (exact) mass is 181 g/mol. The fraction of sp³-hybridized carbons (Fsp3) is 0.300. The molecule has 0 aliphatic carbocycles. The van der Waals surface area contributed by atoms with Crippen LogP contribution >= 0.6 is 11.6 Å². The van der Waals surface area contributed by atoms with Crippen LogP contribution in [0.25, 0.3) is 6.08 Å². The minimum Gasteiger partial charge on any atom is -0.244 e. The molecule has 1 rings (SSSR count). The first-order valence-electron chi connectivity index (χ1n) is 3.98. The molecule has 1 aromatic rings. The number of hydrogen-bond acceptors (Lipinski definition) is 1. The topological polar surface area (TPSA) is 12.9 Å². The van der Waals surface area contributed by atoms with E-state index in [1.165, 1.54) is 0 Å². The summed E-state index contributed by atoms with van der Waals surface area (Å²) in [6.07, 6.45) is 5.94. The van der Waals surface area contributed by atoms with Crippen molar-refractivity contribution in [2.24, 2.45) is 5.92 Å². The second-order valence-electron chi connectivity index (χ2n) is 3.02. The Labute approximate surface area is 78.1 Å². The minimum absolute atomic E-state index is 0.539. The highest BCUT2D eigenvalue weighted by Gasteiger charge is 1.89. The average molecular weight is 182 g/mol. The molecule has 0 bridgehead atoms. The van der Waals surface area contributed by atoms with Crippen molar-refractivity contribution in [2.75, 3.05) is 0 Å². The van der Waals surface area contributed by atoms with Crippen LogP contribution in [0.2, 0.25) is 5.15 Å². The van der Waals surface area contributed by atoms with Crippen molar-refractivity contribution in [3.05, 3.63) is 35.1 Å². The van der Waals surface area contributed by atoms with Gasteiger partial charge in [-0.1, -0.05) is 43.7 Å². The highest BCUT2D eigenvalue weighted by molar-refractivity contribution is 6.29. The van der Waals surface area contributed by atoms with Crippen molar-refractivity contribution in [3.8, 4) is 0 Å². The molecule has 1 aromatic heterocycles. The molecular weight excluding hydrogens is 170 g/mol. The summed E-state index contributed by atoms with van der Waals surface area (Å²) in [5.74, 6) is 0.570. The molecule has 0 saturated heterocycles. The van der Waals surface area contributed by atoms with Crippen LogP contribution < -0.4 is 0 Å². The molecule has 0 radical (unpaired) electrons. The van der Waals surface area contributed by atoms with Gasteiger partial charge in [0.2, 0.25) is 0 Å². The Balaban J connectivity index is 2.71. The standard InChI is InChI=1S/C10H12ClN/c1-8(2)3-4-9-5-6-10(11)12-7-9/h3-8H,1-2H3. The Morgan fingerprint density at radius 3 is 2.67 bits per heavy atom. The van der Waals surface area contributed by atoms with Crippen LogP contribution in [0, 0.1) is 5.92 Å². The second-order valence-corrected chi connectivity index (χ2v) is 3.40. The molecule has 64 valence electrons. The maximum absolute atomic E-state index is 5.64. The van der Waals surface area contributed by atoms with Crippen molar-refractivity contribution < 1.29 is 0 Å². The maximum atomic E-state index is 5.64. The van der Waals surface area contributed by atoms with E-state index in [2.05, 4.69) is 24.9 Å². The lowest BCUT2D eigenvalue weighted by molar-refractivity contribution is 0.836. The van der Waals surface area contributed by atoms with Gasteiger partial charge in [0.1, 0.15) is 5.15 Å². The van der Waals surface area contributed by atoms with Crippen molar-refractivity contribution in [3.63, 3.8) is 0 Å². The highest BCUT2D eigenvalue weighted by Crippen LogP contribution is 2.07. The SMILES string of the molecule is CC(C)C=Cc1ccc(Cl)nc1. The van der Waals surface area contributed by atoms with Crippen LogP contribution in [0.1, 0.15) is 19.4 Å². The highest BCUT2D eigenvalue weighted by atomic mass is 35.5. The molecule has 0 aromatic carbocycles. The molecule has 0 fully saturated rings. The summed E-state index contributed by atoms with van der Waals surface area (Å²) in [6, 6.07) is 3.75. The number of nitrogens with zero attached hydrogens (tertiary/aromatic N) is 1. The van der Waals surface area contributed by atoms with Gasteiger partial charge in [0.05, 0.1) is 0 Å². The number of aromatic nitrogens is 1. The van der Waals surface area contributed by atoms with Gasteiger partial charge < -0.3 is 0 Å². The summed E-state index contributed by atoms with van der Waals surface area (Å²) >= 11 is 5.64. The third-order valence-corrected chi connectivity index (χ3v) is 1.65. The van der Waals surface area contributed by atoms with Crippen LogP contribution in [-0.4, -0.2) is 4.98 Å². The largest absolute Gasteiger partial charge is 0.244 e. The van der Waals surface area contributed by atoms with Crippen LogP contribution in [0.5, 0.6) is 0 Å². The van der Waals surface area contributed by atoms with Gasteiger partial charge in [-0.3, -0.25) is 0 Å². The smallest absolute Gasteiger partial charge is 0.129 e. The Morgan fingerprint density at radius 2 is 2.17 bits per heavy atom.